The summed E-state index contributed by atoms with van der Waals surface area (Å²) >= 11 is 0. The summed E-state index contributed by atoms with van der Waals surface area (Å²) in [5.41, 5.74) is 0. The Kier molecular flexibility index (Phi) is 0.868. The van der Waals surface area contributed by atoms with Gasteiger partial charge in [-0.05, 0) is 6.08 Å². The van der Waals surface area contributed by atoms with Crippen molar-refractivity contribution in [2.75, 3.05) is 0 Å². The maximum Gasteiger partial charge on any atom is 0.216 e. The zero-order valence-corrected chi connectivity index (χ0v) is 3.46. The molecule has 34 valence electrons. The number of hydrogen-bond donors (Lipinski definition) is 0. The lowest BCUT2D eigenvalue weighted by molar-refractivity contribution is 0.00396. The van der Waals surface area contributed by atoms with Gasteiger partial charge in [0, 0.05) is 0 Å². The molecule has 0 spiro atoms. The lowest BCUT2D eigenvalue weighted by Gasteiger charge is -1.99. The molecule has 0 fully saturated rings. The van der Waals surface area contributed by atoms with Gasteiger partial charge in [-0.15, -0.1) is 5.06 Å². The third-order valence-corrected chi connectivity index (χ3v) is 0.517. The van der Waals surface area contributed by atoms with Crippen molar-refractivity contribution in [1.29, 1.82) is 5.26 Å². The van der Waals surface area contributed by atoms with E-state index in [0.717, 1.165) is 5.06 Å². The van der Waals surface area contributed by atoms with Gasteiger partial charge in [-0.25, -0.2) is 0 Å². The second-order valence-electron chi connectivity index (χ2n) is 0.932. The van der Waals surface area contributed by atoms with Gasteiger partial charge in [0.2, 0.25) is 6.19 Å². The van der Waals surface area contributed by atoms with Crippen LogP contribution in [-0.2, 0) is 4.84 Å². The molecule has 0 aliphatic carbocycles. The van der Waals surface area contributed by atoms with Crippen LogP contribution in [-0.4, -0.2) is 5.06 Å². The Hall–Kier alpha value is -1.17. The van der Waals surface area contributed by atoms with Gasteiger partial charge in [0.25, 0.3) is 0 Å². The van der Waals surface area contributed by atoms with Crippen molar-refractivity contribution in [2.24, 2.45) is 0 Å². The number of nitrogens with zero attached hydrogens (tertiary/aromatic N) is 2. The highest BCUT2D eigenvalue weighted by Gasteiger charge is 2.03. The van der Waals surface area contributed by atoms with Gasteiger partial charge in [-0.1, -0.05) is 0 Å². The van der Waals surface area contributed by atoms with Gasteiger partial charge in [0.15, 0.2) is 6.54 Å². The topological polar surface area (TPSA) is 36.3 Å². The number of rotatable bonds is 0. The minimum absolute atomic E-state index is 0.931. The fraction of sp³-hybridized carbons (Fsp3) is 0. The van der Waals surface area contributed by atoms with Crippen LogP contribution in [0, 0.1) is 18.0 Å². The van der Waals surface area contributed by atoms with Crippen molar-refractivity contribution >= 4 is 0 Å². The second-order valence-corrected chi connectivity index (χ2v) is 0.932. The largest absolute Gasteiger partial charge is 0.377 e. The van der Waals surface area contributed by atoms with Crippen molar-refractivity contribution in [3.05, 3.63) is 18.9 Å². The molecule has 0 bridgehead atoms. The van der Waals surface area contributed by atoms with E-state index in [1.165, 1.54) is 12.3 Å². The van der Waals surface area contributed by atoms with Crippen molar-refractivity contribution in [1.82, 2.24) is 5.06 Å². The highest BCUT2D eigenvalue weighted by Crippen LogP contribution is 2.01. The molecular weight excluding hydrogens is 92.1 g/mol. The number of nitriles is 1. The van der Waals surface area contributed by atoms with Crippen LogP contribution < -0.4 is 0 Å². The molecule has 0 aromatic carbocycles. The number of hydroxylamine groups is 2. The fourth-order valence-corrected chi connectivity index (χ4v) is 0.272. The Bertz CT molecular complexity index is 116. The van der Waals surface area contributed by atoms with Crippen LogP contribution in [0.15, 0.2) is 12.3 Å². The van der Waals surface area contributed by atoms with Gasteiger partial charge in [0.1, 0.15) is 6.26 Å². The Morgan fingerprint density at radius 3 is 3.00 bits per heavy atom. The molecule has 0 amide bonds. The Morgan fingerprint density at radius 1 is 1.86 bits per heavy atom. The molecule has 0 unspecified atom stereocenters. The van der Waals surface area contributed by atoms with Crippen LogP contribution in [0.2, 0.25) is 0 Å². The molecule has 3 heteroatoms. The summed E-state index contributed by atoms with van der Waals surface area (Å²) in [6.45, 7) is 2.48. The summed E-state index contributed by atoms with van der Waals surface area (Å²) in [6, 6.07) is 0. The van der Waals surface area contributed by atoms with Crippen LogP contribution in [0.25, 0.3) is 0 Å². The van der Waals surface area contributed by atoms with E-state index < -0.39 is 0 Å². The standard InChI is InChI=1S/C4H2N2O/c5-4-6-2-1-3-7-6/h1,3H. The molecule has 7 heavy (non-hydrogen) atoms. The van der Waals surface area contributed by atoms with Crippen LogP contribution in [0.5, 0.6) is 0 Å². The molecule has 2 radical (unpaired) electrons. The summed E-state index contributed by atoms with van der Waals surface area (Å²) in [7, 11) is 0. The summed E-state index contributed by atoms with van der Waals surface area (Å²) in [5.74, 6) is 0. The average molecular weight is 94.1 g/mol. The van der Waals surface area contributed by atoms with Gasteiger partial charge in [-0.3, -0.25) is 0 Å². The molecule has 0 saturated carbocycles. The number of hydrogen-bond acceptors (Lipinski definition) is 3. The van der Waals surface area contributed by atoms with Gasteiger partial charge >= 0.3 is 0 Å². The molecule has 0 atom stereocenters. The first kappa shape index (κ1) is 4.00. The quantitative estimate of drug-likeness (QED) is 0.404. The van der Waals surface area contributed by atoms with Crippen molar-refractivity contribution in [3.63, 3.8) is 0 Å². The van der Waals surface area contributed by atoms with E-state index in [-0.39, 0.29) is 0 Å². The van der Waals surface area contributed by atoms with Crippen LogP contribution in [0.3, 0.4) is 0 Å². The first-order valence-corrected chi connectivity index (χ1v) is 1.71. The van der Waals surface area contributed by atoms with Crippen LogP contribution >= 0.6 is 0 Å². The maximum absolute atomic E-state index is 8.01. The predicted molar refractivity (Wildman–Crippen MR) is 20.9 cm³/mol. The lowest BCUT2D eigenvalue weighted by Crippen LogP contribution is -2.03. The first-order valence-electron chi connectivity index (χ1n) is 1.71. The molecule has 0 aromatic heterocycles. The molecule has 0 aromatic rings. The first-order chi connectivity index (χ1) is 3.43. The Balaban J connectivity index is 2.39. The summed E-state index contributed by atoms with van der Waals surface area (Å²) < 4.78 is 0. The molecule has 1 aliphatic rings. The van der Waals surface area contributed by atoms with Crippen LogP contribution in [0.4, 0.5) is 0 Å². The van der Waals surface area contributed by atoms with E-state index in [9.17, 15) is 0 Å². The zero-order valence-electron chi connectivity index (χ0n) is 3.46. The smallest absolute Gasteiger partial charge is 0.216 e. The van der Waals surface area contributed by atoms with E-state index in [4.69, 9.17) is 5.26 Å². The Morgan fingerprint density at radius 2 is 2.71 bits per heavy atom. The van der Waals surface area contributed by atoms with E-state index in [1.807, 2.05) is 0 Å². The molecule has 1 rings (SSSR count). The van der Waals surface area contributed by atoms with Crippen molar-refractivity contribution < 1.29 is 4.84 Å². The van der Waals surface area contributed by atoms with E-state index in [1.54, 1.807) is 6.19 Å². The average Bonchev–Trinajstić information content (AvgIpc) is 2.14. The fourth-order valence-electron chi connectivity index (χ4n) is 0.272. The third-order valence-electron chi connectivity index (χ3n) is 0.517. The van der Waals surface area contributed by atoms with Gasteiger partial charge in [-0.2, -0.15) is 5.26 Å². The molecule has 3 nitrogen and oxygen atoms in total. The monoisotopic (exact) mass is 94.0 g/mol. The summed E-state index contributed by atoms with van der Waals surface area (Å²) in [4.78, 5) is 4.48. The van der Waals surface area contributed by atoms with E-state index >= 15 is 0 Å². The normalized spacial score (nSPS) is 16.1. The van der Waals surface area contributed by atoms with Crippen molar-refractivity contribution in [3.8, 4) is 6.19 Å². The highest BCUT2D eigenvalue weighted by atomic mass is 16.7. The lowest BCUT2D eigenvalue weighted by atomic mass is 10.6. The van der Waals surface area contributed by atoms with Gasteiger partial charge in [0.05, 0.1) is 0 Å². The van der Waals surface area contributed by atoms with E-state index in [2.05, 4.69) is 11.4 Å². The maximum atomic E-state index is 8.01. The molecule has 0 saturated heterocycles. The predicted octanol–water partition coefficient (Wildman–Crippen LogP) is 0.267. The van der Waals surface area contributed by atoms with Gasteiger partial charge < -0.3 is 4.84 Å². The summed E-state index contributed by atoms with van der Waals surface area (Å²) in [6.07, 6.45) is 4.60. The second kappa shape index (κ2) is 1.52. The molecule has 1 aliphatic heterocycles. The minimum Gasteiger partial charge on any atom is -0.377 e. The molecular formula is C4H2N2O. The van der Waals surface area contributed by atoms with Crippen molar-refractivity contribution in [2.45, 2.75) is 0 Å². The minimum atomic E-state index is 0.931. The third kappa shape index (κ3) is 0.631. The summed E-state index contributed by atoms with van der Waals surface area (Å²) in [5, 5.41) is 8.94. The molecule has 1 heterocycles. The SMILES string of the molecule is N#CN1[C]C=CO1. The Labute approximate surface area is 41.4 Å². The highest BCUT2D eigenvalue weighted by molar-refractivity contribution is 4.97. The van der Waals surface area contributed by atoms with Crippen LogP contribution in [0.1, 0.15) is 0 Å². The van der Waals surface area contributed by atoms with E-state index in [0.29, 0.717) is 0 Å². The zero-order chi connectivity index (χ0) is 5.11. The molecule has 0 N–H and O–H groups in total.